The Bertz CT molecular complexity index is 268. The van der Waals surface area contributed by atoms with Crippen molar-refractivity contribution in [2.45, 2.75) is 39.3 Å². The third kappa shape index (κ3) is 2.34. The predicted octanol–water partition coefficient (Wildman–Crippen LogP) is 2.52. The first kappa shape index (κ1) is 10.3. The zero-order chi connectivity index (χ0) is 10.1. The van der Waals surface area contributed by atoms with Crippen LogP contribution in [0.3, 0.4) is 0 Å². The summed E-state index contributed by atoms with van der Waals surface area (Å²) in [4.78, 5) is 0. The fourth-order valence-corrected chi connectivity index (χ4v) is 1.25. The van der Waals surface area contributed by atoms with Gasteiger partial charge in [-0.05, 0) is 46.4 Å². The molecule has 1 unspecified atom stereocenters. The highest BCUT2D eigenvalue weighted by Gasteiger charge is 2.13. The highest BCUT2D eigenvalue weighted by molar-refractivity contribution is 5.15. The first-order valence-corrected chi connectivity index (χ1v) is 4.81. The molecule has 74 valence electrons. The van der Waals surface area contributed by atoms with Gasteiger partial charge in [0.2, 0.25) is 0 Å². The molecule has 13 heavy (non-hydrogen) atoms. The minimum atomic E-state index is 0.186. The van der Waals surface area contributed by atoms with Crippen LogP contribution in [0.25, 0.3) is 0 Å². The highest BCUT2D eigenvalue weighted by Crippen LogP contribution is 2.19. The number of hydrogen-bond donors (Lipinski definition) is 1. The van der Waals surface area contributed by atoms with Gasteiger partial charge in [0.25, 0.3) is 0 Å². The summed E-state index contributed by atoms with van der Waals surface area (Å²) in [5.41, 5.74) is 1.53. The smallest absolute Gasteiger partial charge is 0.0355 e. The molecule has 1 heterocycles. The van der Waals surface area contributed by atoms with Crippen molar-refractivity contribution in [1.29, 1.82) is 0 Å². The molecule has 0 saturated heterocycles. The Labute approximate surface area is 81.0 Å². The average molecular weight is 180 g/mol. The van der Waals surface area contributed by atoms with E-state index in [1.54, 1.807) is 0 Å². The number of aromatic nitrogens is 1. The Morgan fingerprint density at radius 2 is 2.00 bits per heavy atom. The lowest BCUT2D eigenvalue weighted by Gasteiger charge is -2.21. The minimum absolute atomic E-state index is 0.186. The van der Waals surface area contributed by atoms with Crippen LogP contribution in [0.15, 0.2) is 18.5 Å². The standard InChI is InChI=1S/C11H20N2/c1-9(12-5)10-6-7-13(8-10)11(2,3)4/h6-9,12H,1-5H3. The molecule has 1 aromatic heterocycles. The minimum Gasteiger partial charge on any atom is -0.349 e. The molecule has 1 rings (SSSR count). The summed E-state index contributed by atoms with van der Waals surface area (Å²) < 4.78 is 2.25. The van der Waals surface area contributed by atoms with Crippen LogP contribution in [-0.2, 0) is 5.54 Å². The average Bonchev–Trinajstić information content (AvgIpc) is 2.50. The van der Waals surface area contributed by atoms with E-state index in [1.807, 2.05) is 7.05 Å². The number of nitrogens with one attached hydrogen (secondary N) is 1. The molecule has 1 aromatic rings. The first-order valence-electron chi connectivity index (χ1n) is 4.81. The molecule has 0 spiro atoms. The molecule has 0 bridgehead atoms. The second kappa shape index (κ2) is 3.54. The summed E-state index contributed by atoms with van der Waals surface area (Å²) in [6.07, 6.45) is 4.35. The van der Waals surface area contributed by atoms with Crippen molar-refractivity contribution in [1.82, 2.24) is 9.88 Å². The zero-order valence-corrected chi connectivity index (χ0v) is 9.26. The van der Waals surface area contributed by atoms with E-state index in [0.29, 0.717) is 6.04 Å². The van der Waals surface area contributed by atoms with E-state index >= 15 is 0 Å². The van der Waals surface area contributed by atoms with E-state index in [4.69, 9.17) is 0 Å². The van der Waals surface area contributed by atoms with Crippen LogP contribution in [0.1, 0.15) is 39.3 Å². The fraction of sp³-hybridized carbons (Fsp3) is 0.636. The Balaban J connectivity index is 2.87. The monoisotopic (exact) mass is 180 g/mol. The molecule has 0 saturated carbocycles. The second-order valence-corrected chi connectivity index (χ2v) is 4.53. The number of nitrogens with zero attached hydrogens (tertiary/aromatic N) is 1. The van der Waals surface area contributed by atoms with E-state index < -0.39 is 0 Å². The van der Waals surface area contributed by atoms with Gasteiger partial charge in [0, 0.05) is 24.0 Å². The lowest BCUT2D eigenvalue weighted by Crippen LogP contribution is -2.20. The molecule has 2 nitrogen and oxygen atoms in total. The predicted molar refractivity (Wildman–Crippen MR) is 56.9 cm³/mol. The molecule has 0 aliphatic heterocycles. The van der Waals surface area contributed by atoms with Crippen LogP contribution in [0.4, 0.5) is 0 Å². The van der Waals surface area contributed by atoms with Crippen molar-refractivity contribution >= 4 is 0 Å². The third-order valence-corrected chi connectivity index (χ3v) is 2.42. The maximum absolute atomic E-state index is 3.23. The van der Waals surface area contributed by atoms with E-state index in [9.17, 15) is 0 Å². The van der Waals surface area contributed by atoms with Gasteiger partial charge in [0.1, 0.15) is 0 Å². The molecular formula is C11H20N2. The van der Waals surface area contributed by atoms with Crippen molar-refractivity contribution in [3.8, 4) is 0 Å². The van der Waals surface area contributed by atoms with Gasteiger partial charge in [0.15, 0.2) is 0 Å². The first-order chi connectivity index (χ1) is 5.95. The SMILES string of the molecule is CNC(C)c1ccn(C(C)(C)C)c1. The van der Waals surface area contributed by atoms with Crippen LogP contribution in [0.2, 0.25) is 0 Å². The molecule has 0 aliphatic carbocycles. The highest BCUT2D eigenvalue weighted by atomic mass is 15.0. The second-order valence-electron chi connectivity index (χ2n) is 4.53. The molecule has 0 aromatic carbocycles. The van der Waals surface area contributed by atoms with Crippen LogP contribution in [0, 0.1) is 0 Å². The van der Waals surface area contributed by atoms with Gasteiger partial charge < -0.3 is 9.88 Å². The summed E-state index contributed by atoms with van der Waals surface area (Å²) >= 11 is 0. The number of rotatable bonds is 2. The van der Waals surface area contributed by atoms with Crippen molar-refractivity contribution in [2.75, 3.05) is 7.05 Å². The molecule has 0 amide bonds. The summed E-state index contributed by atoms with van der Waals surface area (Å²) in [5.74, 6) is 0. The van der Waals surface area contributed by atoms with Crippen LogP contribution < -0.4 is 5.32 Å². The molecule has 1 N–H and O–H groups in total. The third-order valence-electron chi connectivity index (χ3n) is 2.42. The van der Waals surface area contributed by atoms with Gasteiger partial charge in [-0.15, -0.1) is 0 Å². The quantitative estimate of drug-likeness (QED) is 0.740. The maximum Gasteiger partial charge on any atom is 0.0355 e. The van der Waals surface area contributed by atoms with E-state index in [-0.39, 0.29) is 5.54 Å². The van der Waals surface area contributed by atoms with Gasteiger partial charge in [-0.25, -0.2) is 0 Å². The molecule has 1 atom stereocenters. The van der Waals surface area contributed by atoms with Gasteiger partial charge >= 0.3 is 0 Å². The Kier molecular flexibility index (Phi) is 2.81. The van der Waals surface area contributed by atoms with Gasteiger partial charge in [0.05, 0.1) is 0 Å². The Morgan fingerprint density at radius 3 is 2.38 bits per heavy atom. The van der Waals surface area contributed by atoms with Crippen LogP contribution in [0.5, 0.6) is 0 Å². The normalized spacial score (nSPS) is 14.5. The van der Waals surface area contributed by atoms with Crippen molar-refractivity contribution in [3.05, 3.63) is 24.0 Å². The Hall–Kier alpha value is -0.760. The lowest BCUT2D eigenvalue weighted by atomic mass is 10.1. The van der Waals surface area contributed by atoms with Crippen molar-refractivity contribution < 1.29 is 0 Å². The van der Waals surface area contributed by atoms with Gasteiger partial charge in [-0.2, -0.15) is 0 Å². The molecule has 0 radical (unpaired) electrons. The summed E-state index contributed by atoms with van der Waals surface area (Å²) in [7, 11) is 1.99. The van der Waals surface area contributed by atoms with Crippen LogP contribution >= 0.6 is 0 Å². The maximum atomic E-state index is 3.23. The lowest BCUT2D eigenvalue weighted by molar-refractivity contribution is 0.397. The van der Waals surface area contributed by atoms with Gasteiger partial charge in [-0.1, -0.05) is 0 Å². The van der Waals surface area contributed by atoms with Crippen molar-refractivity contribution in [3.63, 3.8) is 0 Å². The molecule has 2 heteroatoms. The zero-order valence-electron chi connectivity index (χ0n) is 9.26. The fourth-order valence-electron chi connectivity index (χ4n) is 1.25. The van der Waals surface area contributed by atoms with Crippen LogP contribution in [-0.4, -0.2) is 11.6 Å². The van der Waals surface area contributed by atoms with Gasteiger partial charge in [-0.3, -0.25) is 0 Å². The Morgan fingerprint density at radius 1 is 1.38 bits per heavy atom. The summed E-state index contributed by atoms with van der Waals surface area (Å²) in [6.45, 7) is 8.80. The number of hydrogen-bond acceptors (Lipinski definition) is 1. The summed E-state index contributed by atoms with van der Waals surface area (Å²) in [5, 5.41) is 3.23. The summed E-state index contributed by atoms with van der Waals surface area (Å²) in [6, 6.07) is 2.61. The van der Waals surface area contributed by atoms with E-state index in [1.165, 1.54) is 5.56 Å². The van der Waals surface area contributed by atoms with E-state index in [0.717, 1.165) is 0 Å². The van der Waals surface area contributed by atoms with Crippen molar-refractivity contribution in [2.24, 2.45) is 0 Å². The molecular weight excluding hydrogens is 160 g/mol. The molecule has 0 fully saturated rings. The largest absolute Gasteiger partial charge is 0.349 e. The molecule has 0 aliphatic rings. The van der Waals surface area contributed by atoms with E-state index in [2.05, 4.69) is 56.0 Å². The topological polar surface area (TPSA) is 17.0 Å².